The highest BCUT2D eigenvalue weighted by Crippen LogP contribution is 2.47. The summed E-state index contributed by atoms with van der Waals surface area (Å²) in [6, 6.07) is 0. The van der Waals surface area contributed by atoms with Crippen LogP contribution in [0.5, 0.6) is 0 Å². The second-order valence-electron chi connectivity index (χ2n) is 3.92. The molecule has 1 fully saturated rings. The van der Waals surface area contributed by atoms with Gasteiger partial charge in [-0.25, -0.2) is 4.79 Å². The maximum absolute atomic E-state index is 10.9. The van der Waals surface area contributed by atoms with Crippen molar-refractivity contribution in [3.63, 3.8) is 0 Å². The van der Waals surface area contributed by atoms with Gasteiger partial charge in [-0.05, 0) is 12.8 Å². The number of hydrogen-bond acceptors (Lipinski definition) is 4. The predicted octanol–water partition coefficient (Wildman–Crippen LogP) is 1.82. The lowest BCUT2D eigenvalue weighted by atomic mass is 10.1. The number of fused-ring (bicyclic) bond motifs is 1. The van der Waals surface area contributed by atoms with E-state index in [0.717, 1.165) is 30.8 Å². The fraction of sp³-hybridized carbons (Fsp3) is 0.444. The number of anilines is 2. The number of thiophene rings is 1. The largest absolute Gasteiger partial charge is 0.477 e. The first-order valence-corrected chi connectivity index (χ1v) is 5.45. The van der Waals surface area contributed by atoms with Gasteiger partial charge in [0, 0.05) is 11.9 Å². The number of carbonyl (C=O) groups is 1. The summed E-state index contributed by atoms with van der Waals surface area (Å²) in [6.07, 6.45) is 2.27. The molecule has 2 aliphatic rings. The summed E-state index contributed by atoms with van der Waals surface area (Å²) in [5.74, 6) is -0.844. The molecule has 5 heteroatoms. The molecule has 1 saturated carbocycles. The highest BCUT2D eigenvalue weighted by Gasteiger charge is 2.46. The fourth-order valence-corrected chi connectivity index (χ4v) is 2.61. The normalized spacial score (nSPS) is 20.9. The first-order chi connectivity index (χ1) is 6.70. The molecule has 0 amide bonds. The molecule has 0 bridgehead atoms. The van der Waals surface area contributed by atoms with Gasteiger partial charge < -0.3 is 15.7 Å². The Hall–Kier alpha value is -1.23. The molecule has 1 aliphatic carbocycles. The molecule has 3 N–H and O–H groups in total. The van der Waals surface area contributed by atoms with Crippen LogP contribution in [-0.2, 0) is 0 Å². The van der Waals surface area contributed by atoms with Gasteiger partial charge in [-0.15, -0.1) is 11.3 Å². The Morgan fingerprint density at radius 3 is 3.00 bits per heavy atom. The second kappa shape index (κ2) is 2.42. The minimum Gasteiger partial charge on any atom is -0.477 e. The van der Waals surface area contributed by atoms with Crippen molar-refractivity contribution < 1.29 is 9.90 Å². The molecule has 4 nitrogen and oxygen atoms in total. The maximum atomic E-state index is 10.9. The molecule has 2 heterocycles. The molecule has 1 aliphatic heterocycles. The lowest BCUT2D eigenvalue weighted by Crippen LogP contribution is -2.34. The van der Waals surface area contributed by atoms with Crippen LogP contribution in [0.3, 0.4) is 0 Å². The molecule has 3 rings (SSSR count). The van der Waals surface area contributed by atoms with Crippen molar-refractivity contribution in [1.82, 2.24) is 0 Å². The Bertz CT molecular complexity index is 409. The van der Waals surface area contributed by atoms with Gasteiger partial charge in [-0.1, -0.05) is 0 Å². The lowest BCUT2D eigenvalue weighted by Gasteiger charge is -2.26. The number of hydrogen-bond donors (Lipinski definition) is 3. The first kappa shape index (κ1) is 8.11. The van der Waals surface area contributed by atoms with Gasteiger partial charge in [0.15, 0.2) is 0 Å². The summed E-state index contributed by atoms with van der Waals surface area (Å²) in [5.41, 5.74) is 1.87. The van der Waals surface area contributed by atoms with E-state index in [4.69, 9.17) is 5.11 Å². The van der Waals surface area contributed by atoms with E-state index in [-0.39, 0.29) is 5.54 Å². The maximum Gasteiger partial charge on any atom is 0.348 e. The summed E-state index contributed by atoms with van der Waals surface area (Å²) in [6.45, 7) is 0.912. The van der Waals surface area contributed by atoms with Gasteiger partial charge in [0.1, 0.15) is 4.88 Å². The molecule has 1 spiro atoms. The number of carboxylic acid groups (broad SMARTS) is 1. The van der Waals surface area contributed by atoms with Crippen molar-refractivity contribution in [3.8, 4) is 0 Å². The lowest BCUT2D eigenvalue weighted by molar-refractivity contribution is 0.0703. The zero-order valence-corrected chi connectivity index (χ0v) is 8.28. The molecule has 14 heavy (non-hydrogen) atoms. The van der Waals surface area contributed by atoms with Crippen LogP contribution in [0.1, 0.15) is 22.5 Å². The standard InChI is InChI=1S/C9H10N2O2S/c12-8(13)7-6-5(3-14-7)10-4-9(11-6)1-2-9/h3,10-11H,1-2,4H2,(H,12,13). The molecular weight excluding hydrogens is 200 g/mol. The number of rotatable bonds is 1. The van der Waals surface area contributed by atoms with E-state index in [1.807, 2.05) is 5.38 Å². The Morgan fingerprint density at radius 2 is 2.36 bits per heavy atom. The SMILES string of the molecule is O=C(O)c1scc2c1NC1(CC1)CN2. The molecule has 0 aromatic carbocycles. The van der Waals surface area contributed by atoms with Crippen molar-refractivity contribution in [3.05, 3.63) is 10.3 Å². The summed E-state index contributed by atoms with van der Waals surface area (Å²) >= 11 is 1.28. The summed E-state index contributed by atoms with van der Waals surface area (Å²) in [7, 11) is 0. The minimum absolute atomic E-state index is 0.151. The van der Waals surface area contributed by atoms with Crippen LogP contribution in [-0.4, -0.2) is 23.2 Å². The highest BCUT2D eigenvalue weighted by molar-refractivity contribution is 7.13. The van der Waals surface area contributed by atoms with Crippen LogP contribution < -0.4 is 10.6 Å². The molecular formula is C9H10N2O2S. The average molecular weight is 210 g/mol. The third-order valence-corrected chi connectivity index (χ3v) is 3.81. The smallest absolute Gasteiger partial charge is 0.348 e. The fourth-order valence-electron chi connectivity index (χ4n) is 1.80. The van der Waals surface area contributed by atoms with E-state index in [1.54, 1.807) is 0 Å². The number of aromatic carboxylic acids is 1. The zero-order valence-electron chi connectivity index (χ0n) is 7.46. The summed E-state index contributed by atoms with van der Waals surface area (Å²) in [4.78, 5) is 11.3. The number of nitrogens with one attached hydrogen (secondary N) is 2. The van der Waals surface area contributed by atoms with E-state index in [1.165, 1.54) is 11.3 Å². The predicted molar refractivity (Wildman–Crippen MR) is 55.4 cm³/mol. The topological polar surface area (TPSA) is 61.4 Å². The quantitative estimate of drug-likeness (QED) is 0.661. The Kier molecular flexibility index (Phi) is 1.40. The monoisotopic (exact) mass is 210 g/mol. The van der Waals surface area contributed by atoms with Crippen molar-refractivity contribution >= 4 is 28.7 Å². The van der Waals surface area contributed by atoms with Crippen LogP contribution >= 0.6 is 11.3 Å². The van der Waals surface area contributed by atoms with Gasteiger partial charge in [0.2, 0.25) is 0 Å². The van der Waals surface area contributed by atoms with E-state index < -0.39 is 5.97 Å². The van der Waals surface area contributed by atoms with E-state index in [2.05, 4.69) is 10.6 Å². The average Bonchev–Trinajstić information content (AvgIpc) is 2.77. The molecule has 0 radical (unpaired) electrons. The van der Waals surface area contributed by atoms with E-state index >= 15 is 0 Å². The van der Waals surface area contributed by atoms with Crippen LogP contribution in [0.25, 0.3) is 0 Å². The molecule has 0 saturated heterocycles. The van der Waals surface area contributed by atoms with Crippen LogP contribution in [0.2, 0.25) is 0 Å². The third-order valence-electron chi connectivity index (χ3n) is 2.85. The van der Waals surface area contributed by atoms with Crippen LogP contribution in [0, 0.1) is 0 Å². The Labute approximate surface area is 84.9 Å². The first-order valence-electron chi connectivity index (χ1n) is 4.57. The second-order valence-corrected chi connectivity index (χ2v) is 4.80. The summed E-state index contributed by atoms with van der Waals surface area (Å²) < 4.78 is 0. The Balaban J connectivity index is 2.03. The minimum atomic E-state index is -0.844. The third kappa shape index (κ3) is 1.02. The number of carboxylic acids is 1. The van der Waals surface area contributed by atoms with Gasteiger partial charge in [0.25, 0.3) is 0 Å². The van der Waals surface area contributed by atoms with Crippen molar-refractivity contribution in [2.45, 2.75) is 18.4 Å². The van der Waals surface area contributed by atoms with Crippen molar-refractivity contribution in [2.24, 2.45) is 0 Å². The highest BCUT2D eigenvalue weighted by atomic mass is 32.1. The molecule has 0 unspecified atom stereocenters. The van der Waals surface area contributed by atoms with Crippen molar-refractivity contribution in [2.75, 3.05) is 17.2 Å². The zero-order chi connectivity index (χ0) is 9.76. The van der Waals surface area contributed by atoms with E-state index in [0.29, 0.717) is 4.88 Å². The van der Waals surface area contributed by atoms with E-state index in [9.17, 15) is 4.79 Å². The Morgan fingerprint density at radius 1 is 1.57 bits per heavy atom. The van der Waals surface area contributed by atoms with Crippen LogP contribution in [0.4, 0.5) is 11.4 Å². The van der Waals surface area contributed by atoms with Gasteiger partial charge in [-0.3, -0.25) is 0 Å². The van der Waals surface area contributed by atoms with Crippen molar-refractivity contribution in [1.29, 1.82) is 0 Å². The van der Waals surface area contributed by atoms with Crippen LogP contribution in [0.15, 0.2) is 5.38 Å². The molecule has 74 valence electrons. The molecule has 0 atom stereocenters. The molecule has 1 aromatic heterocycles. The molecule has 1 aromatic rings. The summed E-state index contributed by atoms with van der Waals surface area (Å²) in [5, 5.41) is 17.4. The van der Waals surface area contributed by atoms with Gasteiger partial charge in [-0.2, -0.15) is 0 Å². The van der Waals surface area contributed by atoms with Gasteiger partial charge in [0.05, 0.1) is 16.9 Å². The van der Waals surface area contributed by atoms with Gasteiger partial charge >= 0.3 is 5.97 Å².